The maximum absolute atomic E-state index is 11.3. The molecule has 2 amide bonds. The van der Waals surface area contributed by atoms with Crippen LogP contribution in [0.1, 0.15) is 5.56 Å². The number of primary amides is 1. The molecule has 0 spiro atoms. The summed E-state index contributed by atoms with van der Waals surface area (Å²) in [5, 5.41) is 1.14. The summed E-state index contributed by atoms with van der Waals surface area (Å²) in [6.45, 7) is 0.462. The fourth-order valence-electron chi connectivity index (χ4n) is 1.92. The first-order valence-electron chi connectivity index (χ1n) is 5.69. The van der Waals surface area contributed by atoms with Gasteiger partial charge in [-0.15, -0.1) is 0 Å². The topological polar surface area (TPSA) is 79.2 Å². The lowest BCUT2D eigenvalue weighted by Crippen LogP contribution is -2.38. The van der Waals surface area contributed by atoms with Gasteiger partial charge in [0.2, 0.25) is 0 Å². The molecule has 5 heteroatoms. The van der Waals surface area contributed by atoms with Crippen LogP contribution in [0.25, 0.3) is 10.9 Å². The Kier molecular flexibility index (Phi) is 3.32. The first-order valence-corrected chi connectivity index (χ1v) is 5.69. The maximum Gasteiger partial charge on any atom is 0.311 e. The summed E-state index contributed by atoms with van der Waals surface area (Å²) in [4.78, 5) is 26.6. The molecule has 0 saturated carbocycles. The van der Waals surface area contributed by atoms with E-state index in [-0.39, 0.29) is 0 Å². The van der Waals surface area contributed by atoms with Gasteiger partial charge in [-0.2, -0.15) is 0 Å². The van der Waals surface area contributed by atoms with Crippen LogP contribution in [-0.2, 0) is 16.0 Å². The van der Waals surface area contributed by atoms with Crippen LogP contribution in [0, 0.1) is 0 Å². The van der Waals surface area contributed by atoms with Crippen molar-refractivity contribution in [2.75, 3.05) is 13.6 Å². The van der Waals surface area contributed by atoms with E-state index in [1.807, 2.05) is 30.5 Å². The Bertz CT molecular complexity index is 589. The van der Waals surface area contributed by atoms with Crippen LogP contribution in [0.15, 0.2) is 30.5 Å². The van der Waals surface area contributed by atoms with E-state index in [0.29, 0.717) is 13.0 Å². The molecule has 1 heterocycles. The number of nitrogens with two attached hydrogens (primary N) is 1. The summed E-state index contributed by atoms with van der Waals surface area (Å²) in [6.07, 6.45) is 2.60. The fourth-order valence-corrected chi connectivity index (χ4v) is 1.92. The molecule has 94 valence electrons. The molecule has 0 saturated heterocycles. The van der Waals surface area contributed by atoms with Gasteiger partial charge in [0.15, 0.2) is 0 Å². The minimum atomic E-state index is -0.920. The van der Waals surface area contributed by atoms with Gasteiger partial charge in [-0.25, -0.2) is 0 Å². The van der Waals surface area contributed by atoms with Crippen molar-refractivity contribution in [3.8, 4) is 0 Å². The van der Waals surface area contributed by atoms with Gasteiger partial charge in [0, 0.05) is 30.7 Å². The van der Waals surface area contributed by atoms with Crippen molar-refractivity contribution in [2.24, 2.45) is 5.73 Å². The van der Waals surface area contributed by atoms with E-state index in [2.05, 4.69) is 4.98 Å². The van der Waals surface area contributed by atoms with E-state index in [0.717, 1.165) is 16.5 Å². The molecule has 0 aliphatic rings. The number of carbonyl (C=O) groups is 2. The molecule has 2 rings (SSSR count). The number of hydrogen-bond donors (Lipinski definition) is 2. The molecule has 0 radical (unpaired) electrons. The smallest absolute Gasteiger partial charge is 0.311 e. The van der Waals surface area contributed by atoms with E-state index in [1.165, 1.54) is 4.90 Å². The Morgan fingerprint density at radius 1 is 1.33 bits per heavy atom. The highest BCUT2D eigenvalue weighted by Crippen LogP contribution is 2.18. The molecule has 1 aromatic heterocycles. The molecule has 0 unspecified atom stereocenters. The molecule has 0 aliphatic carbocycles. The number of amides is 2. The summed E-state index contributed by atoms with van der Waals surface area (Å²) in [7, 11) is 1.57. The minimum absolute atomic E-state index is 0.462. The normalized spacial score (nSPS) is 10.5. The van der Waals surface area contributed by atoms with Crippen LogP contribution in [0.5, 0.6) is 0 Å². The van der Waals surface area contributed by atoms with Gasteiger partial charge in [0.05, 0.1) is 0 Å². The van der Waals surface area contributed by atoms with Crippen LogP contribution in [0.4, 0.5) is 0 Å². The number of carbonyl (C=O) groups excluding carboxylic acids is 2. The first kappa shape index (κ1) is 12.2. The van der Waals surface area contributed by atoms with Crippen molar-refractivity contribution in [1.82, 2.24) is 9.88 Å². The average molecular weight is 245 g/mol. The van der Waals surface area contributed by atoms with E-state index < -0.39 is 11.8 Å². The second kappa shape index (κ2) is 4.91. The average Bonchev–Trinajstić information content (AvgIpc) is 2.78. The van der Waals surface area contributed by atoms with Crippen LogP contribution in [-0.4, -0.2) is 35.3 Å². The van der Waals surface area contributed by atoms with Gasteiger partial charge in [0.1, 0.15) is 0 Å². The molecule has 0 bridgehead atoms. The summed E-state index contributed by atoms with van der Waals surface area (Å²) in [5.74, 6) is -1.58. The summed E-state index contributed by atoms with van der Waals surface area (Å²) >= 11 is 0. The molecule has 0 fully saturated rings. The third kappa shape index (κ3) is 2.34. The Balaban J connectivity index is 2.06. The zero-order chi connectivity index (χ0) is 13.1. The second-order valence-electron chi connectivity index (χ2n) is 4.20. The third-order valence-electron chi connectivity index (χ3n) is 2.95. The zero-order valence-electron chi connectivity index (χ0n) is 10.1. The number of hydrogen-bond acceptors (Lipinski definition) is 2. The number of nitrogens with one attached hydrogen (secondary N) is 1. The van der Waals surface area contributed by atoms with Crippen LogP contribution >= 0.6 is 0 Å². The highest BCUT2D eigenvalue weighted by Gasteiger charge is 2.14. The van der Waals surface area contributed by atoms with Gasteiger partial charge in [-0.05, 0) is 18.1 Å². The number of benzene rings is 1. The second-order valence-corrected chi connectivity index (χ2v) is 4.20. The predicted octanol–water partition coefficient (Wildman–Crippen LogP) is 0.654. The Labute approximate surface area is 105 Å². The van der Waals surface area contributed by atoms with Gasteiger partial charge >= 0.3 is 11.8 Å². The number of nitrogens with zero attached hydrogens (tertiary/aromatic N) is 1. The molecule has 18 heavy (non-hydrogen) atoms. The van der Waals surface area contributed by atoms with Gasteiger partial charge in [0.25, 0.3) is 0 Å². The summed E-state index contributed by atoms with van der Waals surface area (Å²) in [6, 6.07) is 7.96. The van der Waals surface area contributed by atoms with Crippen LogP contribution in [0.3, 0.4) is 0 Å². The standard InChI is InChI=1S/C13H15N3O2/c1-16(13(18)12(14)17)7-6-9-8-15-11-5-3-2-4-10(9)11/h2-5,8,15H,6-7H2,1H3,(H2,14,17). The molecular formula is C13H15N3O2. The van der Waals surface area contributed by atoms with E-state index in [4.69, 9.17) is 5.73 Å². The number of para-hydroxylation sites is 1. The van der Waals surface area contributed by atoms with Crippen molar-refractivity contribution in [3.63, 3.8) is 0 Å². The van der Waals surface area contributed by atoms with Crippen molar-refractivity contribution in [3.05, 3.63) is 36.0 Å². The number of fused-ring (bicyclic) bond motifs is 1. The molecule has 1 aromatic carbocycles. The third-order valence-corrected chi connectivity index (χ3v) is 2.95. The molecule has 5 nitrogen and oxygen atoms in total. The number of aromatic nitrogens is 1. The minimum Gasteiger partial charge on any atom is -0.361 e. The highest BCUT2D eigenvalue weighted by atomic mass is 16.2. The number of likely N-dealkylation sites (N-methyl/N-ethyl adjacent to an activating group) is 1. The van der Waals surface area contributed by atoms with Gasteiger partial charge in [-0.1, -0.05) is 18.2 Å². The van der Waals surface area contributed by atoms with Gasteiger partial charge < -0.3 is 15.6 Å². The van der Waals surface area contributed by atoms with Gasteiger partial charge in [-0.3, -0.25) is 9.59 Å². The highest BCUT2D eigenvalue weighted by molar-refractivity contribution is 6.34. The van der Waals surface area contributed by atoms with E-state index >= 15 is 0 Å². The Morgan fingerprint density at radius 3 is 2.78 bits per heavy atom. The first-order chi connectivity index (χ1) is 8.59. The quantitative estimate of drug-likeness (QED) is 0.779. The Morgan fingerprint density at radius 2 is 2.06 bits per heavy atom. The van der Waals surface area contributed by atoms with Crippen LogP contribution in [0.2, 0.25) is 0 Å². The maximum atomic E-state index is 11.3. The molecule has 3 N–H and O–H groups in total. The molecule has 2 aromatic rings. The fraction of sp³-hybridized carbons (Fsp3) is 0.231. The summed E-state index contributed by atoms with van der Waals surface area (Å²) < 4.78 is 0. The van der Waals surface area contributed by atoms with Crippen molar-refractivity contribution in [2.45, 2.75) is 6.42 Å². The SMILES string of the molecule is CN(CCc1c[nH]c2ccccc12)C(=O)C(N)=O. The molecule has 0 atom stereocenters. The van der Waals surface area contributed by atoms with Crippen molar-refractivity contribution in [1.29, 1.82) is 0 Å². The molecular weight excluding hydrogens is 230 g/mol. The number of aromatic amines is 1. The van der Waals surface area contributed by atoms with E-state index in [1.54, 1.807) is 7.05 Å². The van der Waals surface area contributed by atoms with Crippen molar-refractivity contribution < 1.29 is 9.59 Å². The number of rotatable bonds is 3. The largest absolute Gasteiger partial charge is 0.361 e. The predicted molar refractivity (Wildman–Crippen MR) is 68.8 cm³/mol. The lowest BCUT2D eigenvalue weighted by atomic mass is 10.1. The monoisotopic (exact) mass is 245 g/mol. The Hall–Kier alpha value is -2.30. The zero-order valence-corrected chi connectivity index (χ0v) is 10.1. The molecule has 0 aliphatic heterocycles. The van der Waals surface area contributed by atoms with Crippen molar-refractivity contribution >= 4 is 22.7 Å². The number of H-pyrrole nitrogens is 1. The lowest BCUT2D eigenvalue weighted by Gasteiger charge is -2.14. The summed E-state index contributed by atoms with van der Waals surface area (Å²) in [5.41, 5.74) is 7.13. The van der Waals surface area contributed by atoms with E-state index in [9.17, 15) is 9.59 Å². The van der Waals surface area contributed by atoms with Crippen LogP contribution < -0.4 is 5.73 Å². The lowest BCUT2D eigenvalue weighted by molar-refractivity contribution is -0.143.